The van der Waals surface area contributed by atoms with Crippen LogP contribution in [0.5, 0.6) is 0 Å². The fraction of sp³-hybridized carbons (Fsp3) is 0.143. The molecule has 342 valence electrons. The van der Waals surface area contributed by atoms with Crippen LogP contribution in [0.25, 0.3) is 0 Å². The van der Waals surface area contributed by atoms with Gasteiger partial charge in [0, 0.05) is 21.2 Å². The third kappa shape index (κ3) is 14.5. The molecule has 23 heteroatoms. The number of hydroxylamine groups is 1. The molecular formula is C42H39N3O18S2. The maximum Gasteiger partial charge on any atom is 0.342 e. The summed E-state index contributed by atoms with van der Waals surface area (Å²) in [5, 5.41) is 22.5. The molecule has 0 unspecified atom stereocenters. The molecule has 0 saturated carbocycles. The third-order valence-electron chi connectivity index (χ3n) is 7.99. The standard InChI is InChI=1S/C14H13NO4S.C13H12N2O4S.C8H8O5.C7H6O5/c1-18-14(17)12-8-19-7-11(12)13(16)15-9-4-3-5-10(6-9)20-2;1-20-9-4-2-3-8(5-9)14-12(16)10-6-19-7-11(10)13(17)15-18;1-11-7(9)5-3-13-4-6(5)8(10)12-2;1-11-7(10)5-3-12-2-4(5)6(8)9/h3-8H,1-2H3,(H,15,16);2-7,18H,1H3,(H,14,16)(H,15,17);3-4H,1-2H3;2-3H,1H3,(H,8,9). The van der Waals surface area contributed by atoms with Gasteiger partial charge in [-0.1, -0.05) is 12.1 Å². The molecule has 0 fully saturated rings. The summed E-state index contributed by atoms with van der Waals surface area (Å²) in [4.78, 5) is 92.4. The van der Waals surface area contributed by atoms with E-state index in [4.69, 9.17) is 19.1 Å². The average molecular weight is 938 g/mol. The van der Waals surface area contributed by atoms with Crippen LogP contribution in [0.1, 0.15) is 82.9 Å². The van der Waals surface area contributed by atoms with Crippen molar-refractivity contribution in [1.29, 1.82) is 0 Å². The zero-order valence-electron chi connectivity index (χ0n) is 35.0. The van der Waals surface area contributed by atoms with E-state index in [1.54, 1.807) is 35.7 Å². The lowest BCUT2D eigenvalue weighted by Crippen LogP contribution is -2.22. The van der Waals surface area contributed by atoms with Crippen LogP contribution >= 0.6 is 23.5 Å². The lowest BCUT2D eigenvalue weighted by atomic mass is 10.1. The minimum absolute atomic E-state index is 0.0361. The van der Waals surface area contributed by atoms with Crippen LogP contribution in [0.3, 0.4) is 0 Å². The molecular weight excluding hydrogens is 899 g/mol. The molecule has 5 N–H and O–H groups in total. The van der Waals surface area contributed by atoms with Gasteiger partial charge in [0.05, 0.1) is 45.1 Å². The van der Waals surface area contributed by atoms with Crippen molar-refractivity contribution in [3.63, 3.8) is 0 Å². The van der Waals surface area contributed by atoms with E-state index in [0.29, 0.717) is 11.4 Å². The highest BCUT2D eigenvalue weighted by molar-refractivity contribution is 7.98. The number of rotatable bonds is 12. The van der Waals surface area contributed by atoms with E-state index in [0.717, 1.165) is 47.4 Å². The lowest BCUT2D eigenvalue weighted by Gasteiger charge is -2.06. The van der Waals surface area contributed by atoms with Crippen LogP contribution in [0.2, 0.25) is 0 Å². The van der Waals surface area contributed by atoms with Gasteiger partial charge in [-0.25, -0.2) is 29.5 Å². The monoisotopic (exact) mass is 937 g/mol. The van der Waals surface area contributed by atoms with Gasteiger partial charge < -0.3 is 52.4 Å². The van der Waals surface area contributed by atoms with Gasteiger partial charge in [0.25, 0.3) is 17.7 Å². The van der Waals surface area contributed by atoms with Gasteiger partial charge in [0.2, 0.25) is 0 Å². The maximum absolute atomic E-state index is 12.1. The van der Waals surface area contributed by atoms with Gasteiger partial charge in [-0.3, -0.25) is 19.6 Å². The quantitative estimate of drug-likeness (QED) is 0.0270. The Balaban J connectivity index is 0.000000236. The molecule has 0 aliphatic heterocycles. The number of carboxylic acid groups (broad SMARTS) is 1. The smallest absolute Gasteiger partial charge is 0.342 e. The SMILES string of the molecule is COC(=O)c1cocc1C(=O)Nc1cccc(SC)c1.COC(=O)c1cocc1C(=O)O.COC(=O)c1cocc1C(=O)OC.CSc1cccc(NC(=O)c2cocc2C(=O)NO)c1. The van der Waals surface area contributed by atoms with E-state index in [-0.39, 0.29) is 44.5 Å². The molecule has 65 heavy (non-hydrogen) atoms. The number of carbonyl (C=O) groups excluding carboxylic acids is 7. The predicted molar refractivity (Wildman–Crippen MR) is 229 cm³/mol. The number of furan rings is 4. The van der Waals surface area contributed by atoms with Crippen molar-refractivity contribution in [3.8, 4) is 0 Å². The predicted octanol–water partition coefficient (Wildman–Crippen LogP) is 7.03. The second-order valence-corrected chi connectivity index (χ2v) is 13.6. The van der Waals surface area contributed by atoms with E-state index >= 15 is 0 Å². The van der Waals surface area contributed by atoms with E-state index in [9.17, 15) is 38.4 Å². The van der Waals surface area contributed by atoms with Crippen LogP contribution in [0.15, 0.2) is 126 Å². The molecule has 4 aromatic heterocycles. The summed E-state index contributed by atoms with van der Waals surface area (Å²) in [5.41, 5.74) is 2.84. The molecule has 6 rings (SSSR count). The number of nitrogens with one attached hydrogen (secondary N) is 3. The molecule has 0 atom stereocenters. The lowest BCUT2D eigenvalue weighted by molar-refractivity contribution is 0.0556. The fourth-order valence-electron chi connectivity index (χ4n) is 4.81. The zero-order chi connectivity index (χ0) is 48.1. The van der Waals surface area contributed by atoms with Gasteiger partial charge in [-0.15, -0.1) is 23.5 Å². The number of ether oxygens (including phenoxy) is 4. The highest BCUT2D eigenvalue weighted by Gasteiger charge is 2.23. The van der Waals surface area contributed by atoms with Crippen molar-refractivity contribution in [2.45, 2.75) is 9.79 Å². The first-order valence-corrected chi connectivity index (χ1v) is 20.3. The van der Waals surface area contributed by atoms with Crippen molar-refractivity contribution >= 4 is 82.5 Å². The number of hydrogen-bond acceptors (Lipinski definition) is 19. The molecule has 0 aliphatic rings. The van der Waals surface area contributed by atoms with E-state index in [1.165, 1.54) is 46.4 Å². The highest BCUT2D eigenvalue weighted by Crippen LogP contribution is 2.22. The number of methoxy groups -OCH3 is 4. The van der Waals surface area contributed by atoms with Crippen molar-refractivity contribution in [3.05, 3.63) is 143 Å². The Morgan fingerprint density at radius 2 is 0.754 bits per heavy atom. The van der Waals surface area contributed by atoms with Crippen molar-refractivity contribution in [1.82, 2.24) is 5.48 Å². The van der Waals surface area contributed by atoms with Crippen LogP contribution < -0.4 is 16.1 Å². The van der Waals surface area contributed by atoms with Crippen LogP contribution in [0.4, 0.5) is 11.4 Å². The summed E-state index contributed by atoms with van der Waals surface area (Å²) >= 11 is 3.13. The maximum atomic E-state index is 12.1. The van der Waals surface area contributed by atoms with Crippen LogP contribution in [-0.4, -0.2) is 98.8 Å². The summed E-state index contributed by atoms with van der Waals surface area (Å²) in [6, 6.07) is 14.7. The molecule has 0 radical (unpaired) electrons. The first-order valence-electron chi connectivity index (χ1n) is 17.8. The largest absolute Gasteiger partial charge is 0.478 e. The van der Waals surface area contributed by atoms with Crippen LogP contribution in [-0.2, 0) is 18.9 Å². The van der Waals surface area contributed by atoms with Crippen molar-refractivity contribution < 1.29 is 85.3 Å². The second kappa shape index (κ2) is 25.8. The first-order chi connectivity index (χ1) is 31.2. The van der Waals surface area contributed by atoms with E-state index < -0.39 is 47.6 Å². The molecule has 4 heterocycles. The minimum Gasteiger partial charge on any atom is -0.478 e. The first kappa shape index (κ1) is 51.3. The number of anilines is 2. The number of benzene rings is 2. The number of carboxylic acids is 1. The van der Waals surface area contributed by atoms with E-state index in [2.05, 4.69) is 38.4 Å². The Morgan fingerprint density at radius 3 is 1.08 bits per heavy atom. The number of thioether (sulfide) groups is 2. The summed E-state index contributed by atoms with van der Waals surface area (Å²) in [7, 11) is 4.85. The molecule has 0 aliphatic carbocycles. The Morgan fingerprint density at radius 1 is 0.462 bits per heavy atom. The molecule has 0 saturated heterocycles. The third-order valence-corrected chi connectivity index (χ3v) is 9.44. The number of aromatic carboxylic acids is 1. The molecule has 6 aromatic rings. The second-order valence-electron chi connectivity index (χ2n) is 11.9. The Labute approximate surface area is 376 Å². The minimum atomic E-state index is -1.22. The van der Waals surface area contributed by atoms with Crippen molar-refractivity contribution in [2.24, 2.45) is 0 Å². The van der Waals surface area contributed by atoms with Gasteiger partial charge in [0.1, 0.15) is 77.9 Å². The molecule has 2 aromatic carbocycles. The summed E-state index contributed by atoms with van der Waals surface area (Å²) in [5.74, 6) is -5.52. The average Bonchev–Trinajstić information content (AvgIpc) is 4.18. The number of hydrogen-bond donors (Lipinski definition) is 5. The topological polar surface area (TPSA) is 303 Å². The van der Waals surface area contributed by atoms with E-state index in [1.807, 2.05) is 48.9 Å². The van der Waals surface area contributed by atoms with Gasteiger partial charge >= 0.3 is 29.8 Å². The number of amides is 3. The Hall–Kier alpha value is -8.02. The van der Waals surface area contributed by atoms with Crippen LogP contribution in [0, 0.1) is 0 Å². The van der Waals surface area contributed by atoms with Gasteiger partial charge in [-0.2, -0.15) is 0 Å². The molecule has 0 spiro atoms. The Kier molecular flexibility index (Phi) is 20.4. The normalized spacial score (nSPS) is 9.83. The molecule has 3 amide bonds. The summed E-state index contributed by atoms with van der Waals surface area (Å²) in [6.07, 6.45) is 12.8. The molecule has 21 nitrogen and oxygen atoms in total. The van der Waals surface area contributed by atoms with Crippen molar-refractivity contribution in [2.75, 3.05) is 51.6 Å². The fourth-order valence-corrected chi connectivity index (χ4v) is 5.73. The number of esters is 4. The molecule has 0 bridgehead atoms. The number of carbonyl (C=O) groups is 8. The zero-order valence-corrected chi connectivity index (χ0v) is 36.6. The summed E-state index contributed by atoms with van der Waals surface area (Å²) in [6.45, 7) is 0. The van der Waals surface area contributed by atoms with Gasteiger partial charge in [-0.05, 0) is 48.9 Å². The van der Waals surface area contributed by atoms with Gasteiger partial charge in [0.15, 0.2) is 0 Å². The Bertz CT molecular complexity index is 2460. The summed E-state index contributed by atoms with van der Waals surface area (Å²) < 4.78 is 36.7. The highest BCUT2D eigenvalue weighted by atomic mass is 32.2.